The number of carbonyl (C=O) groups excluding carboxylic acids is 1. The van der Waals surface area contributed by atoms with Gasteiger partial charge >= 0.3 is 5.97 Å². The zero-order valence-corrected chi connectivity index (χ0v) is 17.0. The molecule has 138 valence electrons. The molecule has 0 radical (unpaired) electrons. The molecule has 1 aliphatic heterocycles. The van der Waals surface area contributed by atoms with Gasteiger partial charge in [-0.3, -0.25) is 0 Å². The number of methoxy groups -OCH3 is 1. The van der Waals surface area contributed by atoms with Crippen LogP contribution in [0.1, 0.15) is 54.4 Å². The summed E-state index contributed by atoms with van der Waals surface area (Å²) in [6.45, 7) is 14.0. The minimum atomic E-state index is -3.20. The van der Waals surface area contributed by atoms with Crippen molar-refractivity contribution in [2.75, 3.05) is 19.8 Å². The summed E-state index contributed by atoms with van der Waals surface area (Å²) in [4.78, 5) is 25.6. The van der Waals surface area contributed by atoms with Crippen molar-refractivity contribution < 1.29 is 18.9 Å². The first-order valence-corrected chi connectivity index (χ1v) is 10.7. The number of hydrogen-bond acceptors (Lipinski definition) is 5. The van der Waals surface area contributed by atoms with E-state index < -0.39 is 13.8 Å². The Morgan fingerprint density at radius 3 is 2.54 bits per heavy atom. The van der Waals surface area contributed by atoms with Crippen molar-refractivity contribution in [1.82, 2.24) is 4.67 Å². The SMILES string of the molecule is COC(=O)C[P+]1([O-])O[C@@H]2[C@@H]([C@H]3CC[C@]2(C)C3(C)C)N1CC(C)(C)C. The van der Waals surface area contributed by atoms with Gasteiger partial charge in [0.05, 0.1) is 13.2 Å². The van der Waals surface area contributed by atoms with Gasteiger partial charge in [0.1, 0.15) is 6.10 Å². The van der Waals surface area contributed by atoms with Gasteiger partial charge < -0.3 is 9.63 Å². The Kier molecular flexibility index (Phi) is 4.17. The van der Waals surface area contributed by atoms with Crippen molar-refractivity contribution >= 4 is 13.8 Å². The Bertz CT molecular complexity index is 546. The molecule has 0 amide bonds. The normalized spacial score (nSPS) is 43.9. The highest BCUT2D eigenvalue weighted by molar-refractivity contribution is 7.63. The molecule has 3 rings (SSSR count). The molecular formula is C18H32NO4P. The molecule has 0 aromatic rings. The summed E-state index contributed by atoms with van der Waals surface area (Å²) >= 11 is 0. The molecule has 2 bridgehead atoms. The molecule has 24 heavy (non-hydrogen) atoms. The second-order valence-electron chi connectivity index (χ2n) is 9.83. The second-order valence-corrected chi connectivity index (χ2v) is 12.1. The molecule has 1 heterocycles. The third-order valence-corrected chi connectivity index (χ3v) is 9.34. The number of ether oxygens (including phenoxy) is 1. The van der Waals surface area contributed by atoms with Crippen molar-refractivity contribution in [2.24, 2.45) is 22.2 Å². The van der Waals surface area contributed by atoms with Crippen LogP contribution in [0.4, 0.5) is 0 Å². The Morgan fingerprint density at radius 2 is 2.00 bits per heavy atom. The van der Waals surface area contributed by atoms with E-state index in [9.17, 15) is 9.69 Å². The Balaban J connectivity index is 1.99. The highest BCUT2D eigenvalue weighted by atomic mass is 31.2. The van der Waals surface area contributed by atoms with E-state index in [0.29, 0.717) is 12.5 Å². The van der Waals surface area contributed by atoms with Crippen LogP contribution in [0.3, 0.4) is 0 Å². The fraction of sp³-hybridized carbons (Fsp3) is 0.944. The van der Waals surface area contributed by atoms with Crippen LogP contribution in [0, 0.1) is 22.2 Å². The zero-order valence-electron chi connectivity index (χ0n) is 16.1. The van der Waals surface area contributed by atoms with Gasteiger partial charge in [0, 0.05) is 12.0 Å². The van der Waals surface area contributed by atoms with Crippen LogP contribution in [0.25, 0.3) is 0 Å². The lowest BCUT2D eigenvalue weighted by atomic mass is 9.70. The lowest BCUT2D eigenvalue weighted by molar-refractivity contribution is -0.205. The molecule has 1 unspecified atom stereocenters. The van der Waals surface area contributed by atoms with Gasteiger partial charge in [-0.25, -0.2) is 9.32 Å². The van der Waals surface area contributed by atoms with Crippen LogP contribution in [0.15, 0.2) is 0 Å². The van der Waals surface area contributed by atoms with Crippen LogP contribution in [0.5, 0.6) is 0 Å². The molecule has 5 nitrogen and oxygen atoms in total. The van der Waals surface area contributed by atoms with Gasteiger partial charge in [-0.05, 0) is 29.6 Å². The fourth-order valence-corrected chi connectivity index (χ4v) is 8.17. The average molecular weight is 357 g/mol. The topological polar surface area (TPSA) is 61.8 Å². The number of fused-ring (bicyclic) bond motifs is 5. The number of hydrogen-bond donors (Lipinski definition) is 0. The first-order chi connectivity index (χ1) is 10.9. The molecule has 2 aliphatic carbocycles. The zero-order chi connectivity index (χ0) is 18.1. The Labute approximate surface area is 146 Å². The predicted octanol–water partition coefficient (Wildman–Crippen LogP) is 2.85. The van der Waals surface area contributed by atoms with E-state index in [1.807, 2.05) is 0 Å². The first-order valence-electron chi connectivity index (χ1n) is 8.97. The molecular weight excluding hydrogens is 325 g/mol. The third kappa shape index (κ3) is 2.46. The molecule has 0 spiro atoms. The molecule has 0 N–H and O–H groups in total. The van der Waals surface area contributed by atoms with E-state index in [4.69, 9.17) is 9.26 Å². The first kappa shape index (κ1) is 18.6. The van der Waals surface area contributed by atoms with E-state index in [-0.39, 0.29) is 34.6 Å². The standard InChI is InChI=1S/C18H32NO4P/c1-16(2,3)11-19-14-12-8-9-18(6,17(12,4)5)15(14)23-24(19,21)10-13(20)22-7/h12,14-15H,8-11H2,1-7H3/t12-,14-,15-,18+,24?/m1/s1. The van der Waals surface area contributed by atoms with Crippen LogP contribution in [-0.2, 0) is 14.1 Å². The van der Waals surface area contributed by atoms with Crippen LogP contribution in [0.2, 0.25) is 0 Å². The van der Waals surface area contributed by atoms with Gasteiger partial charge in [0.25, 0.3) is 0 Å². The lowest BCUT2D eigenvalue weighted by Gasteiger charge is -2.41. The van der Waals surface area contributed by atoms with Gasteiger partial charge in [-0.2, -0.15) is 0 Å². The van der Waals surface area contributed by atoms with Crippen molar-refractivity contribution in [2.45, 2.75) is 66.5 Å². The Morgan fingerprint density at radius 1 is 1.38 bits per heavy atom. The lowest BCUT2D eigenvalue weighted by Crippen LogP contribution is -2.46. The van der Waals surface area contributed by atoms with Crippen LogP contribution >= 0.6 is 7.87 Å². The van der Waals surface area contributed by atoms with E-state index in [1.54, 1.807) is 0 Å². The highest BCUT2D eigenvalue weighted by Crippen LogP contribution is 2.77. The Hall–Kier alpha value is -0.220. The monoisotopic (exact) mass is 357 g/mol. The molecule has 2 saturated carbocycles. The molecule has 5 atom stereocenters. The highest BCUT2D eigenvalue weighted by Gasteiger charge is 2.75. The number of nitrogens with zero attached hydrogens (tertiary/aromatic N) is 1. The molecule has 1 saturated heterocycles. The van der Waals surface area contributed by atoms with Crippen molar-refractivity contribution in [3.63, 3.8) is 0 Å². The van der Waals surface area contributed by atoms with E-state index in [2.05, 4.69) is 46.2 Å². The summed E-state index contributed by atoms with van der Waals surface area (Å²) in [5.41, 5.74) is 0.159. The minimum Gasteiger partial charge on any atom is -0.641 e. The van der Waals surface area contributed by atoms with Gasteiger partial charge in [0.15, 0.2) is 14.0 Å². The average Bonchev–Trinajstić information content (AvgIpc) is 2.89. The number of carbonyl (C=O) groups is 1. The predicted molar refractivity (Wildman–Crippen MR) is 93.2 cm³/mol. The van der Waals surface area contributed by atoms with Gasteiger partial charge in [-0.15, -0.1) is 4.67 Å². The van der Waals surface area contributed by atoms with Crippen molar-refractivity contribution in [1.29, 1.82) is 0 Å². The van der Waals surface area contributed by atoms with E-state index >= 15 is 0 Å². The van der Waals surface area contributed by atoms with Crippen molar-refractivity contribution in [3.05, 3.63) is 0 Å². The summed E-state index contributed by atoms with van der Waals surface area (Å²) in [6, 6.07) is 0.147. The molecule has 3 fully saturated rings. The van der Waals surface area contributed by atoms with E-state index in [1.165, 1.54) is 7.11 Å². The van der Waals surface area contributed by atoms with Crippen molar-refractivity contribution in [3.8, 4) is 0 Å². The van der Waals surface area contributed by atoms with Gasteiger partial charge in [0.2, 0.25) is 0 Å². The third-order valence-electron chi connectivity index (χ3n) is 6.93. The summed E-state index contributed by atoms with van der Waals surface area (Å²) in [6.07, 6.45) is 2.06. The maximum atomic E-state index is 13.7. The maximum absolute atomic E-state index is 13.7. The summed E-state index contributed by atoms with van der Waals surface area (Å²) in [5, 5.41) is 0. The summed E-state index contributed by atoms with van der Waals surface area (Å²) in [5.74, 6) is 0.0114. The number of esters is 1. The van der Waals surface area contributed by atoms with Crippen LogP contribution < -0.4 is 4.89 Å². The minimum absolute atomic E-state index is 0.0146. The molecule has 0 aromatic heterocycles. The summed E-state index contributed by atoms with van der Waals surface area (Å²) < 4.78 is 13.1. The largest absolute Gasteiger partial charge is 0.641 e. The number of rotatable bonds is 3. The molecule has 6 heteroatoms. The maximum Gasteiger partial charge on any atom is 0.347 e. The van der Waals surface area contributed by atoms with Gasteiger partial charge in [-0.1, -0.05) is 41.5 Å². The smallest absolute Gasteiger partial charge is 0.347 e. The fourth-order valence-electron chi connectivity index (χ4n) is 5.30. The molecule has 3 aliphatic rings. The summed E-state index contributed by atoms with van der Waals surface area (Å²) in [7, 11) is -1.86. The quantitative estimate of drug-likeness (QED) is 0.574. The molecule has 0 aromatic carbocycles. The van der Waals surface area contributed by atoms with Crippen LogP contribution in [-0.4, -0.2) is 42.6 Å². The second kappa shape index (κ2) is 5.39. The van der Waals surface area contributed by atoms with E-state index in [0.717, 1.165) is 12.8 Å².